The molecule has 0 aliphatic heterocycles. The molecule has 0 fully saturated rings. The van der Waals surface area contributed by atoms with Crippen LogP contribution in [-0.4, -0.2) is 40.5 Å². The Labute approximate surface area is 173 Å². The Morgan fingerprint density at radius 3 is 2.14 bits per heavy atom. The van der Waals surface area contributed by atoms with Crippen molar-refractivity contribution in [3.05, 3.63) is 53.6 Å². The Bertz CT molecular complexity index is 1050. The third-order valence-corrected chi connectivity index (χ3v) is 6.97. The Balaban J connectivity index is 2.45. The molecule has 160 valence electrons. The number of nitrogens with zero attached hydrogens (tertiary/aromatic N) is 1. The summed E-state index contributed by atoms with van der Waals surface area (Å²) in [5.41, 5.74) is 1.55. The fourth-order valence-corrected chi connectivity index (χ4v) is 4.90. The SMILES string of the molecule is CC[C@@H](C)N(Cc1ccc(OC)c(OS(C)(=O)=O)c1)S(=O)(=O)c1ccc(C)cc1. The lowest BCUT2D eigenvalue weighted by molar-refractivity contribution is 0.322. The molecule has 0 saturated heterocycles. The highest BCUT2D eigenvalue weighted by Crippen LogP contribution is 2.31. The second kappa shape index (κ2) is 9.15. The Morgan fingerprint density at radius 1 is 1.00 bits per heavy atom. The lowest BCUT2D eigenvalue weighted by atomic mass is 10.2. The summed E-state index contributed by atoms with van der Waals surface area (Å²) in [6.45, 7) is 5.70. The van der Waals surface area contributed by atoms with E-state index in [-0.39, 0.29) is 29.0 Å². The van der Waals surface area contributed by atoms with Crippen LogP contribution in [-0.2, 0) is 26.7 Å². The molecule has 0 aliphatic rings. The van der Waals surface area contributed by atoms with Crippen molar-refractivity contribution >= 4 is 20.1 Å². The molecular formula is C20H27NO6S2. The van der Waals surface area contributed by atoms with E-state index in [2.05, 4.69) is 0 Å². The summed E-state index contributed by atoms with van der Waals surface area (Å²) in [4.78, 5) is 0.213. The van der Waals surface area contributed by atoms with Gasteiger partial charge < -0.3 is 8.92 Å². The summed E-state index contributed by atoms with van der Waals surface area (Å²) in [5.74, 6) is 0.264. The number of benzene rings is 2. The summed E-state index contributed by atoms with van der Waals surface area (Å²) in [6, 6.07) is 11.2. The third kappa shape index (κ3) is 5.94. The molecule has 0 radical (unpaired) electrons. The molecule has 0 unspecified atom stereocenters. The summed E-state index contributed by atoms with van der Waals surface area (Å²) in [6.07, 6.45) is 1.56. The minimum atomic E-state index is -3.76. The first-order chi connectivity index (χ1) is 13.5. The maximum Gasteiger partial charge on any atom is 0.306 e. The van der Waals surface area contributed by atoms with Crippen LogP contribution >= 0.6 is 0 Å². The Hall–Kier alpha value is -2.10. The number of rotatable bonds is 9. The van der Waals surface area contributed by atoms with E-state index in [0.29, 0.717) is 12.0 Å². The number of hydrogen-bond acceptors (Lipinski definition) is 6. The molecule has 2 rings (SSSR count). The van der Waals surface area contributed by atoms with Crippen LogP contribution in [0.3, 0.4) is 0 Å². The van der Waals surface area contributed by atoms with Gasteiger partial charge in [0.05, 0.1) is 18.3 Å². The van der Waals surface area contributed by atoms with Crippen LogP contribution in [0.5, 0.6) is 11.5 Å². The summed E-state index contributed by atoms with van der Waals surface area (Å²) in [7, 11) is -6.11. The minimum Gasteiger partial charge on any atom is -0.493 e. The quantitative estimate of drug-likeness (QED) is 0.555. The topological polar surface area (TPSA) is 90.0 Å². The van der Waals surface area contributed by atoms with Gasteiger partial charge >= 0.3 is 10.1 Å². The molecule has 0 aliphatic carbocycles. The summed E-state index contributed by atoms with van der Waals surface area (Å²) in [5, 5.41) is 0. The lowest BCUT2D eigenvalue weighted by Gasteiger charge is -2.28. The predicted molar refractivity (Wildman–Crippen MR) is 112 cm³/mol. The van der Waals surface area contributed by atoms with Crippen LogP contribution in [0.15, 0.2) is 47.4 Å². The molecule has 29 heavy (non-hydrogen) atoms. The van der Waals surface area contributed by atoms with Crippen molar-refractivity contribution in [3.8, 4) is 11.5 Å². The molecule has 0 amide bonds. The number of ether oxygens (including phenoxy) is 1. The smallest absolute Gasteiger partial charge is 0.306 e. The van der Waals surface area contributed by atoms with E-state index in [0.717, 1.165) is 11.8 Å². The van der Waals surface area contributed by atoms with E-state index in [1.807, 2.05) is 20.8 Å². The molecule has 9 heteroatoms. The van der Waals surface area contributed by atoms with Gasteiger partial charge in [0.15, 0.2) is 11.5 Å². The average molecular weight is 442 g/mol. The molecule has 2 aromatic carbocycles. The van der Waals surface area contributed by atoms with Gasteiger partial charge in [0, 0.05) is 12.6 Å². The van der Waals surface area contributed by atoms with Gasteiger partial charge in [-0.25, -0.2) is 8.42 Å². The second-order valence-electron chi connectivity index (χ2n) is 6.89. The Morgan fingerprint density at radius 2 is 1.62 bits per heavy atom. The molecule has 1 atom stereocenters. The monoisotopic (exact) mass is 441 g/mol. The number of methoxy groups -OCH3 is 1. The first-order valence-electron chi connectivity index (χ1n) is 9.12. The highest BCUT2D eigenvalue weighted by Gasteiger charge is 2.29. The molecular weight excluding hydrogens is 414 g/mol. The van der Waals surface area contributed by atoms with Gasteiger partial charge in [-0.15, -0.1) is 0 Å². The van der Waals surface area contributed by atoms with E-state index >= 15 is 0 Å². The lowest BCUT2D eigenvalue weighted by Crippen LogP contribution is -2.37. The molecule has 0 bridgehead atoms. The average Bonchev–Trinajstić information content (AvgIpc) is 2.64. The minimum absolute atomic E-state index is 0.0179. The van der Waals surface area contributed by atoms with Crippen molar-refractivity contribution in [1.29, 1.82) is 0 Å². The van der Waals surface area contributed by atoms with Crippen molar-refractivity contribution in [2.24, 2.45) is 0 Å². The van der Waals surface area contributed by atoms with E-state index in [1.54, 1.807) is 36.4 Å². The Kier molecular flexibility index (Phi) is 7.31. The molecule has 0 saturated carbocycles. The highest BCUT2D eigenvalue weighted by atomic mass is 32.2. The van der Waals surface area contributed by atoms with Crippen LogP contribution < -0.4 is 8.92 Å². The highest BCUT2D eigenvalue weighted by molar-refractivity contribution is 7.89. The zero-order chi connectivity index (χ0) is 21.8. The van der Waals surface area contributed by atoms with Crippen molar-refractivity contribution in [2.75, 3.05) is 13.4 Å². The van der Waals surface area contributed by atoms with Crippen LogP contribution in [0.1, 0.15) is 31.4 Å². The van der Waals surface area contributed by atoms with Gasteiger partial charge in [-0.2, -0.15) is 12.7 Å². The van der Waals surface area contributed by atoms with Gasteiger partial charge in [-0.3, -0.25) is 0 Å². The van der Waals surface area contributed by atoms with Crippen LogP contribution in [0.2, 0.25) is 0 Å². The van der Waals surface area contributed by atoms with Crippen LogP contribution in [0, 0.1) is 6.92 Å². The van der Waals surface area contributed by atoms with Gasteiger partial charge in [0.1, 0.15) is 0 Å². The fourth-order valence-electron chi connectivity index (χ4n) is 2.75. The molecule has 0 aromatic heterocycles. The molecule has 7 nitrogen and oxygen atoms in total. The number of aryl methyl sites for hydroxylation is 1. The van der Waals surface area contributed by atoms with Gasteiger partial charge in [0.25, 0.3) is 0 Å². The van der Waals surface area contributed by atoms with Crippen LogP contribution in [0.25, 0.3) is 0 Å². The second-order valence-corrected chi connectivity index (χ2v) is 10.4. The van der Waals surface area contributed by atoms with Gasteiger partial charge in [-0.1, -0.05) is 30.7 Å². The van der Waals surface area contributed by atoms with Crippen molar-refractivity contribution in [1.82, 2.24) is 4.31 Å². The van der Waals surface area contributed by atoms with Crippen LogP contribution in [0.4, 0.5) is 0 Å². The molecule has 2 aromatic rings. The number of hydrogen-bond donors (Lipinski definition) is 0. The van der Waals surface area contributed by atoms with Crippen molar-refractivity contribution < 1.29 is 25.8 Å². The first-order valence-corrected chi connectivity index (χ1v) is 12.4. The van der Waals surface area contributed by atoms with E-state index in [4.69, 9.17) is 8.92 Å². The van der Waals surface area contributed by atoms with Gasteiger partial charge in [-0.05, 0) is 50.1 Å². The maximum absolute atomic E-state index is 13.3. The summed E-state index contributed by atoms with van der Waals surface area (Å²) < 4.78 is 61.2. The largest absolute Gasteiger partial charge is 0.493 e. The van der Waals surface area contributed by atoms with Crippen molar-refractivity contribution in [2.45, 2.75) is 44.7 Å². The fraction of sp³-hybridized carbons (Fsp3) is 0.400. The first kappa shape index (κ1) is 23.2. The molecule has 0 spiro atoms. The maximum atomic E-state index is 13.3. The number of sulfonamides is 1. The van der Waals surface area contributed by atoms with E-state index in [1.165, 1.54) is 17.5 Å². The van der Waals surface area contributed by atoms with E-state index in [9.17, 15) is 16.8 Å². The summed E-state index contributed by atoms with van der Waals surface area (Å²) >= 11 is 0. The molecule has 0 N–H and O–H groups in total. The van der Waals surface area contributed by atoms with E-state index < -0.39 is 20.1 Å². The van der Waals surface area contributed by atoms with Gasteiger partial charge in [0.2, 0.25) is 10.0 Å². The standard InChI is InChI=1S/C20H27NO6S2/c1-6-16(3)21(29(24,25)18-10-7-15(2)8-11-18)14-17-9-12-19(26-4)20(13-17)27-28(5,22)23/h7-13,16H,6,14H2,1-5H3/t16-/m1/s1. The zero-order valence-electron chi connectivity index (χ0n) is 17.2. The normalized spacial score (nSPS) is 13.3. The van der Waals surface area contributed by atoms with Crippen molar-refractivity contribution in [3.63, 3.8) is 0 Å². The zero-order valence-corrected chi connectivity index (χ0v) is 18.9. The third-order valence-electron chi connectivity index (χ3n) is 4.52. The molecule has 0 heterocycles. The predicted octanol–water partition coefficient (Wildman–Crippen LogP) is 3.33.